The average Bonchev–Trinajstić information content (AvgIpc) is 2.78. The van der Waals surface area contributed by atoms with Crippen LogP contribution in [-0.2, 0) is 6.42 Å². The fraction of sp³-hybridized carbons (Fsp3) is 0.200. The third-order valence-corrected chi connectivity index (χ3v) is 2.11. The van der Waals surface area contributed by atoms with Crippen LogP contribution in [0, 0.1) is 10.1 Å². The minimum atomic E-state index is -0.593. The van der Waals surface area contributed by atoms with Gasteiger partial charge in [0.15, 0.2) is 11.6 Å². The molecule has 2 rings (SSSR count). The number of nitro groups is 1. The van der Waals surface area contributed by atoms with Crippen LogP contribution in [-0.4, -0.2) is 14.9 Å². The maximum atomic E-state index is 10.4. The van der Waals surface area contributed by atoms with E-state index in [0.717, 1.165) is 12.0 Å². The lowest BCUT2D eigenvalue weighted by molar-refractivity contribution is -0.401. The monoisotopic (exact) mass is 219 g/mol. The second kappa shape index (κ2) is 4.09. The van der Waals surface area contributed by atoms with Crippen LogP contribution < -0.4 is 0 Å². The van der Waals surface area contributed by atoms with E-state index in [1.54, 1.807) is 12.4 Å². The summed E-state index contributed by atoms with van der Waals surface area (Å²) in [6.45, 7) is 2.00. The van der Waals surface area contributed by atoms with Gasteiger partial charge in [0, 0.05) is 12.4 Å². The summed E-state index contributed by atoms with van der Waals surface area (Å²) in [5, 5.41) is 10.4. The quantitative estimate of drug-likeness (QED) is 0.583. The maximum absolute atomic E-state index is 10.4. The molecule has 2 heterocycles. The van der Waals surface area contributed by atoms with Crippen LogP contribution in [0.4, 0.5) is 5.88 Å². The number of aryl methyl sites for hydroxylation is 1. The van der Waals surface area contributed by atoms with Crippen LogP contribution in [0.5, 0.6) is 0 Å². The van der Waals surface area contributed by atoms with Crippen molar-refractivity contribution in [1.82, 2.24) is 9.97 Å². The van der Waals surface area contributed by atoms with Gasteiger partial charge < -0.3 is 4.42 Å². The summed E-state index contributed by atoms with van der Waals surface area (Å²) in [6.07, 6.45) is 4.20. The number of hydrogen-bond acceptors (Lipinski definition) is 5. The molecule has 0 saturated heterocycles. The molecule has 16 heavy (non-hydrogen) atoms. The maximum Gasteiger partial charge on any atom is 0.433 e. The molecule has 0 spiro atoms. The summed E-state index contributed by atoms with van der Waals surface area (Å²) in [5.74, 6) is 0.345. The molecule has 6 nitrogen and oxygen atoms in total. The Balaban J connectivity index is 2.31. The predicted octanol–water partition coefficient (Wildman–Crippen LogP) is 2.21. The van der Waals surface area contributed by atoms with E-state index in [1.165, 1.54) is 12.1 Å². The normalized spacial score (nSPS) is 10.3. The van der Waals surface area contributed by atoms with Gasteiger partial charge in [-0.25, -0.2) is 9.97 Å². The van der Waals surface area contributed by atoms with E-state index >= 15 is 0 Å². The number of rotatable bonds is 3. The second-order valence-electron chi connectivity index (χ2n) is 3.16. The Morgan fingerprint density at radius 1 is 1.38 bits per heavy atom. The molecule has 2 aromatic heterocycles. The lowest BCUT2D eigenvalue weighted by Gasteiger charge is -1.96. The molecule has 82 valence electrons. The molecule has 0 aliphatic rings. The number of furan rings is 1. The van der Waals surface area contributed by atoms with Gasteiger partial charge >= 0.3 is 5.88 Å². The first-order chi connectivity index (χ1) is 7.70. The van der Waals surface area contributed by atoms with Gasteiger partial charge in [-0.05, 0) is 18.1 Å². The molecule has 6 heteroatoms. The molecule has 0 radical (unpaired) electrons. The van der Waals surface area contributed by atoms with Crippen molar-refractivity contribution < 1.29 is 9.34 Å². The van der Waals surface area contributed by atoms with Crippen LogP contribution in [0.25, 0.3) is 11.6 Å². The van der Waals surface area contributed by atoms with Gasteiger partial charge in [-0.2, -0.15) is 0 Å². The minimum Gasteiger partial charge on any atom is -0.397 e. The molecule has 0 N–H and O–H groups in total. The largest absolute Gasteiger partial charge is 0.433 e. The van der Waals surface area contributed by atoms with E-state index < -0.39 is 4.92 Å². The van der Waals surface area contributed by atoms with Crippen molar-refractivity contribution >= 4 is 5.88 Å². The second-order valence-corrected chi connectivity index (χ2v) is 3.16. The van der Waals surface area contributed by atoms with Gasteiger partial charge in [0.2, 0.25) is 0 Å². The Bertz CT molecular complexity index is 504. The SMILES string of the molecule is CCc1cnc(-c2ccc([N+](=O)[O-])o2)nc1. The summed E-state index contributed by atoms with van der Waals surface area (Å²) >= 11 is 0. The van der Waals surface area contributed by atoms with E-state index in [0.29, 0.717) is 11.6 Å². The lowest BCUT2D eigenvalue weighted by Crippen LogP contribution is -1.90. The summed E-state index contributed by atoms with van der Waals surface area (Å²) in [6, 6.07) is 2.77. The van der Waals surface area contributed by atoms with E-state index in [4.69, 9.17) is 4.42 Å². The van der Waals surface area contributed by atoms with Gasteiger partial charge in [0.25, 0.3) is 0 Å². The van der Waals surface area contributed by atoms with Crippen LogP contribution in [0.15, 0.2) is 28.9 Å². The molecule has 0 amide bonds. The molecule has 0 aliphatic heterocycles. The number of hydrogen-bond donors (Lipinski definition) is 0. The molecule has 0 fully saturated rings. The predicted molar refractivity (Wildman–Crippen MR) is 55.8 cm³/mol. The molecule has 2 aromatic rings. The summed E-state index contributed by atoms with van der Waals surface area (Å²) in [4.78, 5) is 18.0. The topological polar surface area (TPSA) is 82.1 Å². The van der Waals surface area contributed by atoms with Crippen LogP contribution >= 0.6 is 0 Å². The first-order valence-electron chi connectivity index (χ1n) is 4.76. The Morgan fingerprint density at radius 3 is 2.56 bits per heavy atom. The third-order valence-electron chi connectivity index (χ3n) is 2.11. The van der Waals surface area contributed by atoms with Crippen molar-refractivity contribution in [3.8, 4) is 11.6 Å². The molecular formula is C10H9N3O3. The highest BCUT2D eigenvalue weighted by molar-refractivity contribution is 5.48. The molecular weight excluding hydrogens is 210 g/mol. The van der Waals surface area contributed by atoms with Crippen LogP contribution in [0.1, 0.15) is 12.5 Å². The fourth-order valence-corrected chi connectivity index (χ4v) is 1.21. The van der Waals surface area contributed by atoms with Gasteiger partial charge in [-0.3, -0.25) is 10.1 Å². The number of aromatic nitrogens is 2. The zero-order valence-corrected chi connectivity index (χ0v) is 8.58. The third kappa shape index (κ3) is 1.90. The number of nitrogens with zero attached hydrogens (tertiary/aromatic N) is 3. The molecule has 0 aromatic carbocycles. The van der Waals surface area contributed by atoms with E-state index in [2.05, 4.69) is 9.97 Å². The van der Waals surface area contributed by atoms with Crippen molar-refractivity contribution in [2.75, 3.05) is 0 Å². The van der Waals surface area contributed by atoms with E-state index in [1.807, 2.05) is 6.92 Å². The molecule has 0 bridgehead atoms. The molecule has 0 saturated carbocycles. The highest BCUT2D eigenvalue weighted by atomic mass is 16.6. The van der Waals surface area contributed by atoms with Crippen molar-refractivity contribution in [2.24, 2.45) is 0 Å². The summed E-state index contributed by atoms with van der Waals surface area (Å²) in [7, 11) is 0. The Hall–Kier alpha value is -2.24. The Morgan fingerprint density at radius 2 is 2.06 bits per heavy atom. The molecule has 0 unspecified atom stereocenters. The standard InChI is InChI=1S/C10H9N3O3/c1-2-7-5-11-10(12-6-7)8-3-4-9(16-8)13(14)15/h3-6H,2H2,1H3. The molecule has 0 aliphatic carbocycles. The highest BCUT2D eigenvalue weighted by Gasteiger charge is 2.14. The first kappa shape index (κ1) is 10.3. The van der Waals surface area contributed by atoms with Crippen molar-refractivity contribution in [1.29, 1.82) is 0 Å². The first-order valence-corrected chi connectivity index (χ1v) is 4.76. The molecule has 0 atom stereocenters. The van der Waals surface area contributed by atoms with Crippen LogP contribution in [0.2, 0.25) is 0 Å². The van der Waals surface area contributed by atoms with Gasteiger partial charge in [0.05, 0.1) is 6.07 Å². The smallest absolute Gasteiger partial charge is 0.397 e. The zero-order valence-electron chi connectivity index (χ0n) is 8.58. The van der Waals surface area contributed by atoms with E-state index in [-0.39, 0.29) is 5.88 Å². The van der Waals surface area contributed by atoms with Crippen molar-refractivity contribution in [3.63, 3.8) is 0 Å². The Labute approximate surface area is 91.1 Å². The zero-order chi connectivity index (χ0) is 11.5. The highest BCUT2D eigenvalue weighted by Crippen LogP contribution is 2.22. The van der Waals surface area contributed by atoms with Gasteiger partial charge in [-0.1, -0.05) is 6.92 Å². The Kier molecular flexibility index (Phi) is 2.63. The minimum absolute atomic E-state index is 0.300. The van der Waals surface area contributed by atoms with Crippen molar-refractivity contribution in [3.05, 3.63) is 40.2 Å². The van der Waals surface area contributed by atoms with Gasteiger partial charge in [-0.15, -0.1) is 0 Å². The van der Waals surface area contributed by atoms with E-state index in [9.17, 15) is 10.1 Å². The summed E-state index contributed by atoms with van der Waals surface area (Å²) in [5.41, 5.74) is 1.00. The van der Waals surface area contributed by atoms with Crippen LogP contribution in [0.3, 0.4) is 0 Å². The summed E-state index contributed by atoms with van der Waals surface area (Å²) < 4.78 is 4.98. The fourth-order valence-electron chi connectivity index (χ4n) is 1.21. The average molecular weight is 219 g/mol. The van der Waals surface area contributed by atoms with Crippen molar-refractivity contribution in [2.45, 2.75) is 13.3 Å². The van der Waals surface area contributed by atoms with Gasteiger partial charge in [0.1, 0.15) is 4.92 Å². The lowest BCUT2D eigenvalue weighted by atomic mass is 10.3.